The number of aromatic nitrogens is 1. The highest BCUT2D eigenvalue weighted by Crippen LogP contribution is 2.31. The number of carboxylic acid groups (broad SMARTS) is 1. The molecule has 0 saturated carbocycles. The predicted octanol–water partition coefficient (Wildman–Crippen LogP) is 3.33. The highest BCUT2D eigenvalue weighted by molar-refractivity contribution is 14.1. The largest absolute Gasteiger partial charge is 0.481 e. The lowest BCUT2D eigenvalue weighted by molar-refractivity contribution is -0.137. The number of benzene rings is 1. The van der Waals surface area contributed by atoms with Crippen LogP contribution in [-0.2, 0) is 22.7 Å². The Labute approximate surface area is 153 Å². The molecule has 1 aromatic heterocycles. The minimum Gasteiger partial charge on any atom is -0.481 e. The molecule has 2 N–H and O–H groups in total. The predicted molar refractivity (Wildman–Crippen MR) is 95.5 cm³/mol. The lowest BCUT2D eigenvalue weighted by Gasteiger charge is -2.12. The lowest BCUT2D eigenvalue weighted by Crippen LogP contribution is -2.08. The molecule has 0 radical (unpaired) electrons. The number of aliphatic hydroxyl groups excluding tert-OH is 1. The molecule has 1 aromatic carbocycles. The molecule has 130 valence electrons. The van der Waals surface area contributed by atoms with Crippen molar-refractivity contribution in [2.45, 2.75) is 38.4 Å². The number of carbonyl (C=O) groups is 1. The Morgan fingerprint density at radius 1 is 1.33 bits per heavy atom. The molecule has 0 amide bonds. The van der Waals surface area contributed by atoms with E-state index in [1.807, 2.05) is 52.9 Å². The fourth-order valence-electron chi connectivity index (χ4n) is 2.41. The van der Waals surface area contributed by atoms with E-state index in [4.69, 9.17) is 14.4 Å². The SMILES string of the molecule is O=C(O)C[C@H](CCCOCc1ccccc1)c1onc(CO)c1I. The van der Waals surface area contributed by atoms with Crippen molar-refractivity contribution in [1.29, 1.82) is 0 Å². The van der Waals surface area contributed by atoms with Gasteiger partial charge in [0, 0.05) is 12.5 Å². The van der Waals surface area contributed by atoms with Gasteiger partial charge in [-0.15, -0.1) is 0 Å². The van der Waals surface area contributed by atoms with Crippen LogP contribution in [0.2, 0.25) is 0 Å². The summed E-state index contributed by atoms with van der Waals surface area (Å²) in [5.74, 6) is -0.629. The molecule has 1 heterocycles. The van der Waals surface area contributed by atoms with Crippen LogP contribution in [0.5, 0.6) is 0 Å². The van der Waals surface area contributed by atoms with Gasteiger partial charge in [0.2, 0.25) is 0 Å². The van der Waals surface area contributed by atoms with Crippen molar-refractivity contribution in [2.75, 3.05) is 6.61 Å². The zero-order valence-electron chi connectivity index (χ0n) is 13.2. The maximum Gasteiger partial charge on any atom is 0.304 e. The Balaban J connectivity index is 1.85. The first-order valence-corrected chi connectivity index (χ1v) is 8.78. The molecule has 0 aliphatic carbocycles. The number of halogens is 1. The Bertz CT molecular complexity index is 644. The molecule has 0 spiro atoms. The third kappa shape index (κ3) is 5.57. The lowest BCUT2D eigenvalue weighted by atomic mass is 9.96. The first-order valence-electron chi connectivity index (χ1n) is 7.70. The van der Waals surface area contributed by atoms with Gasteiger partial charge in [-0.2, -0.15) is 0 Å². The van der Waals surface area contributed by atoms with E-state index < -0.39 is 5.97 Å². The first kappa shape index (κ1) is 18.9. The number of hydrogen-bond donors (Lipinski definition) is 2. The topological polar surface area (TPSA) is 92.8 Å². The summed E-state index contributed by atoms with van der Waals surface area (Å²) in [6.07, 6.45) is 1.31. The van der Waals surface area contributed by atoms with Crippen molar-refractivity contribution in [1.82, 2.24) is 5.16 Å². The molecule has 0 bridgehead atoms. The molecule has 7 heteroatoms. The van der Waals surface area contributed by atoms with Gasteiger partial charge in [0.15, 0.2) is 5.76 Å². The fraction of sp³-hybridized carbons (Fsp3) is 0.412. The molecule has 2 aromatic rings. The van der Waals surface area contributed by atoms with Crippen molar-refractivity contribution in [3.8, 4) is 0 Å². The summed E-state index contributed by atoms with van der Waals surface area (Å²) in [5, 5.41) is 22.1. The maximum absolute atomic E-state index is 11.1. The van der Waals surface area contributed by atoms with Crippen LogP contribution in [-0.4, -0.2) is 27.9 Å². The van der Waals surface area contributed by atoms with Gasteiger partial charge in [-0.25, -0.2) is 0 Å². The van der Waals surface area contributed by atoms with Gasteiger partial charge in [-0.1, -0.05) is 35.5 Å². The minimum atomic E-state index is -0.886. The summed E-state index contributed by atoms with van der Waals surface area (Å²) in [6.45, 7) is 0.864. The van der Waals surface area contributed by atoms with E-state index in [1.54, 1.807) is 0 Å². The second-order valence-electron chi connectivity index (χ2n) is 5.44. The number of aliphatic hydroxyl groups is 1. The fourth-order valence-corrected chi connectivity index (χ4v) is 3.22. The van der Waals surface area contributed by atoms with E-state index >= 15 is 0 Å². The molecule has 0 fully saturated rings. The number of ether oxygens (including phenoxy) is 1. The van der Waals surface area contributed by atoms with Crippen LogP contribution >= 0.6 is 22.6 Å². The van der Waals surface area contributed by atoms with Gasteiger partial charge >= 0.3 is 5.97 Å². The number of carboxylic acids is 1. The molecule has 6 nitrogen and oxygen atoms in total. The van der Waals surface area contributed by atoms with E-state index in [1.165, 1.54) is 0 Å². The number of rotatable bonds is 10. The summed E-state index contributed by atoms with van der Waals surface area (Å²) >= 11 is 2.03. The van der Waals surface area contributed by atoms with Crippen LogP contribution in [0.15, 0.2) is 34.9 Å². The second kappa shape index (κ2) is 9.75. The van der Waals surface area contributed by atoms with E-state index in [2.05, 4.69) is 5.16 Å². The molecule has 0 unspecified atom stereocenters. The van der Waals surface area contributed by atoms with Gasteiger partial charge in [-0.05, 0) is 41.0 Å². The standard InChI is InChI=1S/C17H20INO5/c18-16-14(10-20)19-24-17(16)13(9-15(21)22)7-4-8-23-11-12-5-2-1-3-6-12/h1-3,5-6,13,20H,4,7-11H2,(H,21,22)/t13-/m0/s1. The molecule has 0 saturated heterocycles. The normalized spacial score (nSPS) is 12.2. The minimum absolute atomic E-state index is 0.0330. The highest BCUT2D eigenvalue weighted by Gasteiger charge is 2.24. The van der Waals surface area contributed by atoms with Gasteiger partial charge in [0.1, 0.15) is 5.69 Å². The second-order valence-corrected chi connectivity index (χ2v) is 6.52. The van der Waals surface area contributed by atoms with Gasteiger partial charge in [0.05, 0.1) is 23.2 Å². The molecule has 0 aliphatic heterocycles. The summed E-state index contributed by atoms with van der Waals surface area (Å²) < 4.78 is 11.6. The third-order valence-electron chi connectivity index (χ3n) is 3.62. The average Bonchev–Trinajstić information content (AvgIpc) is 2.95. The van der Waals surface area contributed by atoms with Crippen LogP contribution in [0.3, 0.4) is 0 Å². The number of hydrogen-bond acceptors (Lipinski definition) is 5. The van der Waals surface area contributed by atoms with Crippen molar-refractivity contribution in [3.05, 3.63) is 50.9 Å². The van der Waals surface area contributed by atoms with Crippen molar-refractivity contribution >= 4 is 28.6 Å². The Morgan fingerprint density at radius 2 is 2.08 bits per heavy atom. The first-order chi connectivity index (χ1) is 11.6. The maximum atomic E-state index is 11.1. The van der Waals surface area contributed by atoms with E-state index in [-0.39, 0.29) is 18.9 Å². The van der Waals surface area contributed by atoms with E-state index in [0.717, 1.165) is 12.0 Å². The van der Waals surface area contributed by atoms with Crippen LogP contribution in [0.25, 0.3) is 0 Å². The van der Waals surface area contributed by atoms with Crippen molar-refractivity contribution in [2.24, 2.45) is 0 Å². The quantitative estimate of drug-likeness (QED) is 0.431. The zero-order valence-corrected chi connectivity index (χ0v) is 15.3. The zero-order chi connectivity index (χ0) is 17.4. The highest BCUT2D eigenvalue weighted by atomic mass is 127. The third-order valence-corrected chi connectivity index (χ3v) is 4.77. The molecule has 1 atom stereocenters. The summed E-state index contributed by atoms with van der Waals surface area (Å²) in [4.78, 5) is 11.1. The summed E-state index contributed by atoms with van der Waals surface area (Å²) in [7, 11) is 0. The molecular weight excluding hydrogens is 425 g/mol. The molecule has 24 heavy (non-hydrogen) atoms. The van der Waals surface area contributed by atoms with Crippen LogP contribution < -0.4 is 0 Å². The van der Waals surface area contributed by atoms with E-state index in [9.17, 15) is 9.90 Å². The van der Waals surface area contributed by atoms with Crippen molar-refractivity contribution in [3.63, 3.8) is 0 Å². The Morgan fingerprint density at radius 3 is 2.71 bits per heavy atom. The Kier molecular flexibility index (Phi) is 7.67. The smallest absolute Gasteiger partial charge is 0.304 e. The molecule has 2 rings (SSSR count). The average molecular weight is 445 g/mol. The van der Waals surface area contributed by atoms with Gasteiger partial charge in [-0.3, -0.25) is 4.79 Å². The van der Waals surface area contributed by atoms with Crippen LogP contribution in [0, 0.1) is 3.57 Å². The number of nitrogens with zero attached hydrogens (tertiary/aromatic N) is 1. The van der Waals surface area contributed by atoms with E-state index in [0.29, 0.717) is 34.7 Å². The molecule has 0 aliphatic rings. The monoisotopic (exact) mass is 445 g/mol. The summed E-state index contributed by atoms with van der Waals surface area (Å²) in [5.41, 5.74) is 1.55. The van der Waals surface area contributed by atoms with Crippen LogP contribution in [0.1, 0.15) is 42.2 Å². The van der Waals surface area contributed by atoms with Gasteiger partial charge in [0.25, 0.3) is 0 Å². The van der Waals surface area contributed by atoms with Crippen molar-refractivity contribution < 1.29 is 24.3 Å². The Hall–Kier alpha value is -1.45. The number of aliphatic carboxylic acids is 1. The van der Waals surface area contributed by atoms with Crippen LogP contribution in [0.4, 0.5) is 0 Å². The molecular formula is C17H20INO5. The van der Waals surface area contributed by atoms with Gasteiger partial charge < -0.3 is 19.5 Å². The summed E-state index contributed by atoms with van der Waals surface area (Å²) in [6, 6.07) is 9.89.